The highest BCUT2D eigenvalue weighted by Gasteiger charge is 2.58. The standard InChI is InChI=1S/C72H42N2OS3/c75-78(63-35-15-7-25-51(63)67-45(27-17-37-65(67)78)43-19-1-9-29-53(43)73-55-31-11-3-21-47(55)69-57(73)39-41-61-71(69)49-23-5-13-33-59(49)76-61)64-36-16-8-26-52(64)68-46(28-18-38-66(68)78)44-20-2-10-30-54(44)74-56-32-12-4-22-48(56)70-58(74)40-42-62-72(70)50-24-6-14-34-60(50)77-62/h1-42H. The van der Waals surface area contributed by atoms with Crippen molar-refractivity contribution in [3.8, 4) is 55.9 Å². The summed E-state index contributed by atoms with van der Waals surface area (Å²) in [6.07, 6.45) is 0. The van der Waals surface area contributed by atoms with E-state index in [9.17, 15) is 0 Å². The Hall–Kier alpha value is -9.17. The van der Waals surface area contributed by atoms with Crippen LogP contribution in [0.25, 0.3) is 140 Å². The number of fused-ring (bicyclic) bond motifs is 24. The second-order valence-corrected chi connectivity index (χ2v) is 26.7. The van der Waals surface area contributed by atoms with Crippen molar-refractivity contribution in [2.24, 2.45) is 0 Å². The molecule has 18 rings (SSSR count). The molecule has 0 amide bonds. The summed E-state index contributed by atoms with van der Waals surface area (Å²) in [5.41, 5.74) is 15.1. The lowest BCUT2D eigenvalue weighted by atomic mass is 9.93. The van der Waals surface area contributed by atoms with Crippen LogP contribution >= 0.6 is 22.7 Å². The fourth-order valence-electron chi connectivity index (χ4n) is 14.3. The Kier molecular flexibility index (Phi) is 8.42. The summed E-state index contributed by atoms with van der Waals surface area (Å²) in [6.45, 7) is 0. The first-order chi connectivity index (χ1) is 38.6. The van der Waals surface area contributed by atoms with Crippen LogP contribution in [-0.4, -0.2) is 13.3 Å². The molecule has 6 heteroatoms. The summed E-state index contributed by atoms with van der Waals surface area (Å²) in [4.78, 5) is 3.45. The number of benzene rings is 12. The molecule has 2 aliphatic heterocycles. The Morgan fingerprint density at radius 2 is 0.615 bits per heavy atom. The maximum absolute atomic E-state index is 18.6. The number of para-hydroxylation sites is 4. The molecule has 0 N–H and O–H groups in total. The van der Waals surface area contributed by atoms with Gasteiger partial charge in [0.2, 0.25) is 0 Å². The molecule has 0 bridgehead atoms. The summed E-state index contributed by atoms with van der Waals surface area (Å²) in [6, 6.07) is 92.6. The highest BCUT2D eigenvalue weighted by Crippen LogP contribution is 2.73. The summed E-state index contributed by atoms with van der Waals surface area (Å²) in [5.74, 6) is 0. The van der Waals surface area contributed by atoms with Gasteiger partial charge in [-0.05, 0) is 107 Å². The molecule has 3 nitrogen and oxygen atoms in total. The Bertz CT molecular complexity index is 5090. The lowest BCUT2D eigenvalue weighted by Crippen LogP contribution is -2.30. The molecule has 16 aromatic rings. The molecule has 0 fully saturated rings. The van der Waals surface area contributed by atoms with Crippen molar-refractivity contribution in [1.29, 1.82) is 0 Å². The van der Waals surface area contributed by atoms with E-state index in [1.807, 2.05) is 22.7 Å². The summed E-state index contributed by atoms with van der Waals surface area (Å²) < 4.78 is 28.7. The minimum absolute atomic E-state index is 0.861. The smallest absolute Gasteiger partial charge is 0.0548 e. The number of aromatic nitrogens is 2. The fraction of sp³-hybridized carbons (Fsp3) is 0. The quantitative estimate of drug-likeness (QED) is 0.173. The normalized spacial score (nSPS) is 14.5. The third kappa shape index (κ3) is 5.16. The summed E-state index contributed by atoms with van der Waals surface area (Å²) in [7, 11) is -4.33. The molecule has 12 aromatic carbocycles. The molecule has 0 radical (unpaired) electrons. The maximum atomic E-state index is 18.6. The van der Waals surface area contributed by atoms with Crippen molar-refractivity contribution in [3.05, 3.63) is 255 Å². The summed E-state index contributed by atoms with van der Waals surface area (Å²) >= 11 is 3.72. The van der Waals surface area contributed by atoms with Crippen LogP contribution in [-0.2, 0) is 9.07 Å². The van der Waals surface area contributed by atoms with E-state index in [0.29, 0.717) is 0 Å². The van der Waals surface area contributed by atoms with Gasteiger partial charge in [-0.1, -0.05) is 170 Å². The topological polar surface area (TPSA) is 26.9 Å². The van der Waals surface area contributed by atoms with Crippen molar-refractivity contribution in [1.82, 2.24) is 9.13 Å². The molecule has 0 saturated heterocycles. The first kappa shape index (κ1) is 43.0. The largest absolute Gasteiger partial charge is 0.309 e. The zero-order chi connectivity index (χ0) is 51.0. The first-order valence-electron chi connectivity index (χ1n) is 26.6. The Morgan fingerprint density at radius 1 is 0.256 bits per heavy atom. The van der Waals surface area contributed by atoms with Crippen LogP contribution in [0.1, 0.15) is 0 Å². The van der Waals surface area contributed by atoms with Gasteiger partial charge in [0.15, 0.2) is 0 Å². The van der Waals surface area contributed by atoms with Gasteiger partial charge >= 0.3 is 0 Å². The van der Waals surface area contributed by atoms with Gasteiger partial charge in [-0.25, -0.2) is 0 Å². The van der Waals surface area contributed by atoms with Gasteiger partial charge in [0, 0.05) is 113 Å². The van der Waals surface area contributed by atoms with E-state index >= 15 is 4.21 Å². The van der Waals surface area contributed by atoms with Gasteiger partial charge in [-0.3, -0.25) is 4.21 Å². The molecule has 0 atom stereocenters. The number of thiophene rings is 2. The Morgan fingerprint density at radius 3 is 1.09 bits per heavy atom. The molecule has 0 saturated carbocycles. The van der Waals surface area contributed by atoms with Gasteiger partial charge in [-0.2, -0.15) is 0 Å². The zero-order valence-electron chi connectivity index (χ0n) is 41.8. The van der Waals surface area contributed by atoms with E-state index in [1.54, 1.807) is 0 Å². The van der Waals surface area contributed by atoms with Crippen LogP contribution in [0, 0.1) is 0 Å². The van der Waals surface area contributed by atoms with Crippen LogP contribution in [0.3, 0.4) is 0 Å². The highest BCUT2D eigenvalue weighted by atomic mass is 32.3. The van der Waals surface area contributed by atoms with E-state index < -0.39 is 9.07 Å². The van der Waals surface area contributed by atoms with E-state index in [-0.39, 0.29) is 0 Å². The predicted molar refractivity (Wildman–Crippen MR) is 330 cm³/mol. The molecular formula is C72H42N2OS3. The third-order valence-corrected chi connectivity index (χ3v) is 24.3. The number of nitrogens with zero attached hydrogens (tertiary/aromatic N) is 2. The molecule has 0 unspecified atom stereocenters. The predicted octanol–water partition coefficient (Wildman–Crippen LogP) is 20.3. The second-order valence-electron chi connectivity index (χ2n) is 20.9. The van der Waals surface area contributed by atoms with Crippen molar-refractivity contribution in [2.45, 2.75) is 19.6 Å². The molecular weight excluding hydrogens is 1010 g/mol. The first-order valence-corrected chi connectivity index (χ1v) is 30.2. The van der Waals surface area contributed by atoms with Crippen molar-refractivity contribution in [3.63, 3.8) is 0 Å². The van der Waals surface area contributed by atoms with Gasteiger partial charge in [0.1, 0.15) is 0 Å². The molecule has 1 spiro atoms. The Balaban J connectivity index is 0.895. The van der Waals surface area contributed by atoms with Crippen molar-refractivity contribution < 1.29 is 4.21 Å². The van der Waals surface area contributed by atoms with E-state index in [1.165, 1.54) is 61.9 Å². The SMILES string of the molecule is O=S12(c3ccccc3-c3c(-c4ccccc4-n4c5ccccc5c5c6c(ccc54)sc4ccccc46)cccc31)c1ccccc1-c1c(-c3ccccc3-n3c4ccccc4c4c5c(ccc43)sc3ccccc35)cccc12. The lowest BCUT2D eigenvalue weighted by Gasteiger charge is -2.39. The van der Waals surface area contributed by atoms with Crippen molar-refractivity contribution >= 4 is 116 Å². The zero-order valence-corrected chi connectivity index (χ0v) is 44.2. The van der Waals surface area contributed by atoms with Crippen LogP contribution in [0.5, 0.6) is 0 Å². The number of rotatable bonds is 4. The maximum Gasteiger partial charge on any atom is 0.0548 e. The van der Waals surface area contributed by atoms with Gasteiger partial charge < -0.3 is 9.13 Å². The van der Waals surface area contributed by atoms with Crippen LogP contribution < -0.4 is 0 Å². The van der Waals surface area contributed by atoms with E-state index in [0.717, 1.165) is 97.5 Å². The Labute approximate surface area is 456 Å². The molecule has 78 heavy (non-hydrogen) atoms. The van der Waals surface area contributed by atoms with Gasteiger partial charge in [-0.15, -0.1) is 22.7 Å². The number of hydrogen-bond donors (Lipinski definition) is 0. The van der Waals surface area contributed by atoms with E-state index in [2.05, 4.69) is 264 Å². The molecule has 6 heterocycles. The molecule has 364 valence electrons. The summed E-state index contributed by atoms with van der Waals surface area (Å²) in [5, 5.41) is 10.2. The van der Waals surface area contributed by atoms with Crippen LogP contribution in [0.4, 0.5) is 0 Å². The minimum atomic E-state index is -4.33. The third-order valence-electron chi connectivity index (χ3n) is 17.3. The van der Waals surface area contributed by atoms with Gasteiger partial charge in [0.05, 0.1) is 33.4 Å². The molecule has 0 aliphatic carbocycles. The fourth-order valence-corrected chi connectivity index (χ4v) is 21.7. The second kappa shape index (κ2) is 15.3. The van der Waals surface area contributed by atoms with Crippen molar-refractivity contribution in [2.75, 3.05) is 0 Å². The van der Waals surface area contributed by atoms with Crippen LogP contribution in [0.15, 0.2) is 274 Å². The van der Waals surface area contributed by atoms with E-state index in [4.69, 9.17) is 0 Å². The monoisotopic (exact) mass is 1050 g/mol. The molecule has 2 aliphatic rings. The lowest BCUT2D eigenvalue weighted by molar-refractivity contribution is 0.658. The number of hydrogen-bond acceptors (Lipinski definition) is 3. The van der Waals surface area contributed by atoms with Gasteiger partial charge in [0.25, 0.3) is 0 Å². The highest BCUT2D eigenvalue weighted by molar-refractivity contribution is 8.21. The minimum Gasteiger partial charge on any atom is -0.309 e. The average Bonchev–Trinajstić information content (AvgIpc) is 3.90. The average molecular weight is 1050 g/mol. The molecule has 4 aromatic heterocycles. The van der Waals surface area contributed by atoms with Crippen LogP contribution in [0.2, 0.25) is 0 Å².